The first-order chi connectivity index (χ1) is 17.2. The van der Waals surface area contributed by atoms with E-state index >= 15 is 0 Å². The molecule has 3 N–H and O–H groups in total. The van der Waals surface area contributed by atoms with Gasteiger partial charge in [0.25, 0.3) is 0 Å². The first-order valence-electron chi connectivity index (χ1n) is 12.9. The van der Waals surface area contributed by atoms with E-state index in [-0.39, 0.29) is 18.5 Å². The van der Waals surface area contributed by atoms with Crippen LogP contribution in [0.15, 0.2) is 42.5 Å². The molecule has 1 aliphatic heterocycles. The quantitative estimate of drug-likeness (QED) is 0.472. The third-order valence-electron chi connectivity index (χ3n) is 7.90. The summed E-state index contributed by atoms with van der Waals surface area (Å²) in [6.07, 6.45) is 3.47. The molecule has 1 amide bonds. The number of anilines is 2. The number of aliphatic hydroxyl groups is 1. The van der Waals surface area contributed by atoms with Gasteiger partial charge in [-0.1, -0.05) is 23.8 Å². The number of benzene rings is 2. The van der Waals surface area contributed by atoms with Gasteiger partial charge in [0.1, 0.15) is 0 Å². The number of carbonyl (C=O) groups is 1. The highest BCUT2D eigenvalue weighted by atomic mass is 16.3. The molecule has 1 saturated carbocycles. The van der Waals surface area contributed by atoms with Crippen molar-refractivity contribution in [2.45, 2.75) is 50.3 Å². The summed E-state index contributed by atoms with van der Waals surface area (Å²) in [6, 6.07) is 15.1. The number of amides is 1. The average Bonchev–Trinajstić information content (AvgIpc) is 3.15. The number of carbonyl (C=O) groups excluding carboxylic acids is 1. The van der Waals surface area contributed by atoms with Gasteiger partial charge in [0.2, 0.25) is 5.91 Å². The summed E-state index contributed by atoms with van der Waals surface area (Å²) in [5, 5.41) is 23.3. The van der Waals surface area contributed by atoms with Gasteiger partial charge >= 0.3 is 0 Å². The van der Waals surface area contributed by atoms with Gasteiger partial charge in [-0.2, -0.15) is 5.10 Å². The zero-order valence-corrected chi connectivity index (χ0v) is 21.8. The van der Waals surface area contributed by atoms with Crippen LogP contribution in [0.25, 0.3) is 10.9 Å². The standard InChI is InChI=1S/C28H38N6O2/c1-19-8-9-25-24(14-19)27(31-33(25)4)29-16-26(35)30-21-17-34(18-21)22-10-12-28(36,13-11-22)20-6-5-7-23(15-20)32(2)3/h5-9,14-15,21-22,36H,10-13,16-18H2,1-4H3,(H,29,31)(H,30,35). The maximum Gasteiger partial charge on any atom is 0.239 e. The number of nitrogens with zero attached hydrogens (tertiary/aromatic N) is 4. The largest absolute Gasteiger partial charge is 0.385 e. The fourth-order valence-corrected chi connectivity index (χ4v) is 5.66. The number of likely N-dealkylation sites (tertiary alicyclic amines) is 1. The number of aromatic nitrogens is 2. The van der Waals surface area contributed by atoms with Crippen LogP contribution in [0, 0.1) is 6.92 Å². The van der Waals surface area contributed by atoms with Gasteiger partial charge < -0.3 is 20.6 Å². The number of nitrogens with one attached hydrogen (secondary N) is 2. The molecule has 0 radical (unpaired) electrons. The first-order valence-corrected chi connectivity index (χ1v) is 12.9. The zero-order chi connectivity index (χ0) is 25.4. The summed E-state index contributed by atoms with van der Waals surface area (Å²) >= 11 is 0. The molecule has 5 rings (SSSR count). The molecule has 1 saturated heterocycles. The van der Waals surface area contributed by atoms with Crippen LogP contribution in [-0.4, -0.2) is 71.5 Å². The summed E-state index contributed by atoms with van der Waals surface area (Å²) in [5.74, 6) is 0.734. The van der Waals surface area contributed by atoms with Gasteiger partial charge in [-0.3, -0.25) is 14.4 Å². The van der Waals surface area contributed by atoms with Crippen molar-refractivity contribution in [2.24, 2.45) is 7.05 Å². The monoisotopic (exact) mass is 490 g/mol. The first kappa shape index (κ1) is 24.6. The number of rotatable bonds is 7. The predicted molar refractivity (Wildman–Crippen MR) is 144 cm³/mol. The molecule has 0 atom stereocenters. The molecule has 0 unspecified atom stereocenters. The fourth-order valence-electron chi connectivity index (χ4n) is 5.66. The summed E-state index contributed by atoms with van der Waals surface area (Å²) in [5.41, 5.74) is 3.60. The molecular weight excluding hydrogens is 452 g/mol. The average molecular weight is 491 g/mol. The Labute approximate surface area is 213 Å². The van der Waals surface area contributed by atoms with E-state index in [1.165, 1.54) is 5.56 Å². The van der Waals surface area contributed by atoms with Crippen LogP contribution in [0.2, 0.25) is 0 Å². The molecular formula is C28H38N6O2. The maximum atomic E-state index is 12.6. The Morgan fingerprint density at radius 1 is 1.17 bits per heavy atom. The molecule has 36 heavy (non-hydrogen) atoms. The van der Waals surface area contributed by atoms with Gasteiger partial charge in [-0.05, 0) is 62.4 Å². The summed E-state index contributed by atoms with van der Waals surface area (Å²) < 4.78 is 1.84. The van der Waals surface area contributed by atoms with Crippen LogP contribution in [0.3, 0.4) is 0 Å². The van der Waals surface area contributed by atoms with E-state index < -0.39 is 5.60 Å². The smallest absolute Gasteiger partial charge is 0.239 e. The third-order valence-corrected chi connectivity index (χ3v) is 7.90. The van der Waals surface area contributed by atoms with E-state index in [0.717, 1.165) is 66.7 Å². The maximum absolute atomic E-state index is 12.6. The molecule has 1 aliphatic carbocycles. The lowest BCUT2D eigenvalue weighted by molar-refractivity contribution is -0.121. The molecule has 192 valence electrons. The topological polar surface area (TPSA) is 85.7 Å². The van der Waals surface area contributed by atoms with Crippen molar-refractivity contribution in [3.8, 4) is 0 Å². The zero-order valence-electron chi connectivity index (χ0n) is 21.8. The molecule has 0 spiro atoms. The normalized spacial score (nSPS) is 22.9. The van der Waals surface area contributed by atoms with E-state index in [9.17, 15) is 9.90 Å². The van der Waals surface area contributed by atoms with Crippen molar-refractivity contribution in [3.05, 3.63) is 53.6 Å². The lowest BCUT2D eigenvalue weighted by Crippen LogP contribution is -2.63. The number of fused-ring (bicyclic) bond motifs is 1. The summed E-state index contributed by atoms with van der Waals surface area (Å²) in [4.78, 5) is 17.1. The Morgan fingerprint density at radius 3 is 2.64 bits per heavy atom. The minimum Gasteiger partial charge on any atom is -0.385 e. The molecule has 3 aromatic rings. The van der Waals surface area contributed by atoms with Crippen LogP contribution < -0.4 is 15.5 Å². The Balaban J connectivity index is 1.08. The summed E-state index contributed by atoms with van der Waals surface area (Å²) in [7, 11) is 5.96. The van der Waals surface area contributed by atoms with Crippen molar-refractivity contribution in [2.75, 3.05) is 43.9 Å². The van der Waals surface area contributed by atoms with E-state index in [0.29, 0.717) is 6.04 Å². The van der Waals surface area contributed by atoms with Crippen LogP contribution in [0.1, 0.15) is 36.8 Å². The Hall–Kier alpha value is -3.10. The highest BCUT2D eigenvalue weighted by Crippen LogP contribution is 2.40. The highest BCUT2D eigenvalue weighted by Gasteiger charge is 2.40. The van der Waals surface area contributed by atoms with Crippen molar-refractivity contribution < 1.29 is 9.90 Å². The van der Waals surface area contributed by atoms with Crippen LogP contribution in [-0.2, 0) is 17.4 Å². The predicted octanol–water partition coefficient (Wildman–Crippen LogP) is 2.99. The second kappa shape index (κ2) is 9.75. The minimum atomic E-state index is -0.749. The molecule has 2 aromatic carbocycles. The SMILES string of the molecule is Cc1ccc2c(c1)c(NCC(=O)NC1CN(C3CCC(O)(c4cccc(N(C)C)c4)CC3)C1)nn2C. The van der Waals surface area contributed by atoms with Crippen LogP contribution in [0.5, 0.6) is 0 Å². The van der Waals surface area contributed by atoms with Gasteiger partial charge in [-0.15, -0.1) is 0 Å². The highest BCUT2D eigenvalue weighted by molar-refractivity contribution is 5.92. The minimum absolute atomic E-state index is 0.00935. The van der Waals surface area contributed by atoms with Gasteiger partial charge in [0.05, 0.1) is 23.7 Å². The Kier molecular flexibility index (Phi) is 6.66. The number of hydrogen-bond donors (Lipinski definition) is 3. The molecule has 0 bridgehead atoms. The third kappa shape index (κ3) is 4.92. The molecule has 1 aromatic heterocycles. The Morgan fingerprint density at radius 2 is 1.92 bits per heavy atom. The molecule has 8 nitrogen and oxygen atoms in total. The van der Waals surface area contributed by atoms with Gasteiger partial charge in [0, 0.05) is 51.3 Å². The number of aryl methyl sites for hydroxylation is 2. The number of hydrogen-bond acceptors (Lipinski definition) is 6. The van der Waals surface area contributed by atoms with Gasteiger partial charge in [-0.25, -0.2) is 0 Å². The van der Waals surface area contributed by atoms with E-state index in [1.54, 1.807) is 0 Å². The second-order valence-corrected chi connectivity index (χ2v) is 10.8. The molecule has 2 aliphatic rings. The summed E-state index contributed by atoms with van der Waals surface area (Å²) in [6.45, 7) is 4.01. The van der Waals surface area contributed by atoms with Crippen LogP contribution >= 0.6 is 0 Å². The van der Waals surface area contributed by atoms with E-state index in [2.05, 4.69) is 62.8 Å². The molecule has 8 heteroatoms. The fraction of sp³-hybridized carbons (Fsp3) is 0.500. The van der Waals surface area contributed by atoms with Crippen molar-refractivity contribution in [1.82, 2.24) is 20.0 Å². The Bertz CT molecular complexity index is 1240. The van der Waals surface area contributed by atoms with Gasteiger partial charge in [0.15, 0.2) is 5.82 Å². The lowest BCUT2D eigenvalue weighted by atomic mass is 9.76. The van der Waals surface area contributed by atoms with E-state index in [4.69, 9.17) is 0 Å². The lowest BCUT2D eigenvalue weighted by Gasteiger charge is -2.48. The van der Waals surface area contributed by atoms with Crippen molar-refractivity contribution in [3.63, 3.8) is 0 Å². The van der Waals surface area contributed by atoms with Crippen molar-refractivity contribution >= 4 is 28.3 Å². The van der Waals surface area contributed by atoms with E-state index in [1.807, 2.05) is 38.0 Å². The molecule has 2 heterocycles. The van der Waals surface area contributed by atoms with Crippen LogP contribution in [0.4, 0.5) is 11.5 Å². The second-order valence-electron chi connectivity index (χ2n) is 10.8. The molecule has 2 fully saturated rings. The van der Waals surface area contributed by atoms with Crippen molar-refractivity contribution in [1.29, 1.82) is 0 Å².